The van der Waals surface area contributed by atoms with Crippen LogP contribution < -0.4 is 10.6 Å². The van der Waals surface area contributed by atoms with Crippen LogP contribution in [0.2, 0.25) is 0 Å². The van der Waals surface area contributed by atoms with E-state index in [1.807, 2.05) is 11.8 Å². The van der Waals surface area contributed by atoms with Gasteiger partial charge in [-0.2, -0.15) is 0 Å². The molecule has 1 aromatic heterocycles. The summed E-state index contributed by atoms with van der Waals surface area (Å²) in [5.74, 6) is 1.16. The van der Waals surface area contributed by atoms with Gasteiger partial charge in [-0.05, 0) is 5.92 Å². The Balaban J connectivity index is 1.90. The van der Waals surface area contributed by atoms with Gasteiger partial charge in [0.1, 0.15) is 5.82 Å². The number of carbonyl (C=O) groups excluding carboxylic acids is 1. The zero-order valence-corrected chi connectivity index (χ0v) is 12.2. The molecular formula is C14H23N5O. The lowest BCUT2D eigenvalue weighted by atomic mass is 9.98. The number of nitrogens with two attached hydrogens (primary N) is 1. The highest BCUT2D eigenvalue weighted by Crippen LogP contribution is 2.14. The van der Waals surface area contributed by atoms with Crippen LogP contribution in [-0.2, 0) is 4.79 Å². The van der Waals surface area contributed by atoms with Crippen molar-refractivity contribution in [1.29, 1.82) is 0 Å². The van der Waals surface area contributed by atoms with E-state index in [9.17, 15) is 4.79 Å². The van der Waals surface area contributed by atoms with E-state index in [4.69, 9.17) is 5.73 Å². The Morgan fingerprint density at radius 3 is 2.60 bits per heavy atom. The SMILES string of the molecule is CCC(C)C(N)C(=O)N1CCN(c2cnccn2)CC1. The van der Waals surface area contributed by atoms with Gasteiger partial charge in [0.15, 0.2) is 0 Å². The Kier molecular flexibility index (Phi) is 4.89. The topological polar surface area (TPSA) is 75.4 Å². The molecule has 0 aromatic carbocycles. The van der Waals surface area contributed by atoms with Crippen LogP contribution in [0, 0.1) is 5.92 Å². The summed E-state index contributed by atoms with van der Waals surface area (Å²) in [7, 11) is 0. The molecule has 2 rings (SSSR count). The van der Waals surface area contributed by atoms with Crippen molar-refractivity contribution in [3.8, 4) is 0 Å². The number of hydrogen-bond donors (Lipinski definition) is 1. The normalized spacial score (nSPS) is 18.8. The molecule has 0 saturated carbocycles. The Labute approximate surface area is 120 Å². The van der Waals surface area contributed by atoms with E-state index in [-0.39, 0.29) is 17.9 Å². The fraction of sp³-hybridized carbons (Fsp3) is 0.643. The summed E-state index contributed by atoms with van der Waals surface area (Å²) in [6, 6.07) is -0.386. The molecule has 110 valence electrons. The molecule has 2 atom stereocenters. The van der Waals surface area contributed by atoms with Gasteiger partial charge >= 0.3 is 0 Å². The summed E-state index contributed by atoms with van der Waals surface area (Å²) in [5.41, 5.74) is 6.02. The highest BCUT2D eigenvalue weighted by atomic mass is 16.2. The molecule has 1 aliphatic rings. The molecule has 1 aliphatic heterocycles. The number of nitrogens with zero attached hydrogens (tertiary/aromatic N) is 4. The van der Waals surface area contributed by atoms with Crippen LogP contribution in [0.4, 0.5) is 5.82 Å². The van der Waals surface area contributed by atoms with Crippen molar-refractivity contribution < 1.29 is 4.79 Å². The Morgan fingerprint density at radius 2 is 2.05 bits per heavy atom. The molecule has 6 heteroatoms. The molecule has 6 nitrogen and oxygen atoms in total. The van der Waals surface area contributed by atoms with Gasteiger partial charge in [-0.15, -0.1) is 0 Å². The largest absolute Gasteiger partial charge is 0.352 e. The number of piperazine rings is 1. The van der Waals surface area contributed by atoms with E-state index in [1.165, 1.54) is 0 Å². The van der Waals surface area contributed by atoms with Gasteiger partial charge in [-0.1, -0.05) is 20.3 Å². The van der Waals surface area contributed by atoms with Gasteiger partial charge in [0.2, 0.25) is 5.91 Å². The van der Waals surface area contributed by atoms with E-state index in [0.717, 1.165) is 25.3 Å². The third kappa shape index (κ3) is 3.25. The number of rotatable bonds is 4. The minimum atomic E-state index is -0.386. The maximum absolute atomic E-state index is 12.3. The second-order valence-electron chi connectivity index (χ2n) is 5.29. The average Bonchev–Trinajstić information content (AvgIpc) is 2.53. The van der Waals surface area contributed by atoms with Crippen LogP contribution >= 0.6 is 0 Å². The van der Waals surface area contributed by atoms with Crippen LogP contribution in [-0.4, -0.2) is 53.0 Å². The summed E-state index contributed by atoms with van der Waals surface area (Å²) in [6.07, 6.45) is 6.02. The van der Waals surface area contributed by atoms with Crippen molar-refractivity contribution in [3.05, 3.63) is 18.6 Å². The zero-order chi connectivity index (χ0) is 14.5. The molecule has 2 N–H and O–H groups in total. The first-order valence-corrected chi connectivity index (χ1v) is 7.18. The third-order valence-electron chi connectivity index (χ3n) is 4.01. The number of anilines is 1. The molecular weight excluding hydrogens is 254 g/mol. The number of hydrogen-bond acceptors (Lipinski definition) is 5. The maximum atomic E-state index is 12.3. The molecule has 1 fully saturated rings. The van der Waals surface area contributed by atoms with Gasteiger partial charge in [0, 0.05) is 38.6 Å². The minimum absolute atomic E-state index is 0.0677. The minimum Gasteiger partial charge on any atom is -0.352 e. The predicted molar refractivity (Wildman–Crippen MR) is 78.3 cm³/mol. The third-order valence-corrected chi connectivity index (χ3v) is 4.01. The smallest absolute Gasteiger partial charge is 0.239 e. The van der Waals surface area contributed by atoms with Crippen LogP contribution in [0.5, 0.6) is 0 Å². The fourth-order valence-electron chi connectivity index (χ4n) is 2.32. The first kappa shape index (κ1) is 14.7. The second kappa shape index (κ2) is 6.65. The molecule has 1 saturated heterocycles. The highest BCUT2D eigenvalue weighted by molar-refractivity contribution is 5.82. The van der Waals surface area contributed by atoms with E-state index >= 15 is 0 Å². The molecule has 0 radical (unpaired) electrons. The molecule has 0 spiro atoms. The summed E-state index contributed by atoms with van der Waals surface area (Å²) in [4.78, 5) is 24.7. The lowest BCUT2D eigenvalue weighted by Gasteiger charge is -2.37. The van der Waals surface area contributed by atoms with E-state index < -0.39 is 0 Å². The second-order valence-corrected chi connectivity index (χ2v) is 5.29. The van der Waals surface area contributed by atoms with Crippen molar-refractivity contribution in [1.82, 2.24) is 14.9 Å². The summed E-state index contributed by atoms with van der Waals surface area (Å²) in [6.45, 7) is 7.02. The first-order valence-electron chi connectivity index (χ1n) is 7.18. The predicted octanol–water partition coefficient (Wildman–Crippen LogP) is 0.499. The van der Waals surface area contributed by atoms with Crippen molar-refractivity contribution >= 4 is 11.7 Å². The van der Waals surface area contributed by atoms with Crippen molar-refractivity contribution in [2.45, 2.75) is 26.3 Å². The van der Waals surface area contributed by atoms with Gasteiger partial charge in [0.05, 0.1) is 12.2 Å². The molecule has 20 heavy (non-hydrogen) atoms. The summed E-state index contributed by atoms with van der Waals surface area (Å²) < 4.78 is 0. The van der Waals surface area contributed by atoms with E-state index in [2.05, 4.69) is 21.8 Å². The fourth-order valence-corrected chi connectivity index (χ4v) is 2.32. The summed E-state index contributed by atoms with van der Waals surface area (Å²) in [5, 5.41) is 0. The average molecular weight is 277 g/mol. The lowest BCUT2D eigenvalue weighted by molar-refractivity contribution is -0.134. The Bertz CT molecular complexity index is 430. The van der Waals surface area contributed by atoms with Crippen LogP contribution in [0.1, 0.15) is 20.3 Å². The molecule has 1 aromatic rings. The molecule has 2 heterocycles. The van der Waals surface area contributed by atoms with Gasteiger partial charge < -0.3 is 15.5 Å². The number of amides is 1. The quantitative estimate of drug-likeness (QED) is 0.867. The van der Waals surface area contributed by atoms with E-state index in [1.54, 1.807) is 18.6 Å². The Hall–Kier alpha value is -1.69. The maximum Gasteiger partial charge on any atom is 0.239 e. The molecule has 0 bridgehead atoms. The Morgan fingerprint density at radius 1 is 1.35 bits per heavy atom. The van der Waals surface area contributed by atoms with Gasteiger partial charge in [0.25, 0.3) is 0 Å². The lowest BCUT2D eigenvalue weighted by Crippen LogP contribution is -2.54. The van der Waals surface area contributed by atoms with Crippen LogP contribution in [0.3, 0.4) is 0 Å². The highest BCUT2D eigenvalue weighted by Gasteiger charge is 2.28. The molecule has 0 aliphatic carbocycles. The monoisotopic (exact) mass is 277 g/mol. The zero-order valence-electron chi connectivity index (χ0n) is 12.2. The van der Waals surface area contributed by atoms with Crippen LogP contribution in [0.15, 0.2) is 18.6 Å². The van der Waals surface area contributed by atoms with Gasteiger partial charge in [-0.3, -0.25) is 9.78 Å². The van der Waals surface area contributed by atoms with Crippen molar-refractivity contribution in [2.75, 3.05) is 31.1 Å². The molecule has 2 unspecified atom stereocenters. The molecule has 1 amide bonds. The summed E-state index contributed by atoms with van der Waals surface area (Å²) >= 11 is 0. The van der Waals surface area contributed by atoms with Crippen molar-refractivity contribution in [2.24, 2.45) is 11.7 Å². The van der Waals surface area contributed by atoms with Crippen LogP contribution in [0.25, 0.3) is 0 Å². The number of aromatic nitrogens is 2. The van der Waals surface area contributed by atoms with Gasteiger partial charge in [-0.25, -0.2) is 4.98 Å². The van der Waals surface area contributed by atoms with E-state index in [0.29, 0.717) is 13.1 Å². The van der Waals surface area contributed by atoms with Crippen molar-refractivity contribution in [3.63, 3.8) is 0 Å². The number of carbonyl (C=O) groups is 1. The first-order chi connectivity index (χ1) is 9.63. The standard InChI is InChI=1S/C14H23N5O/c1-3-11(2)13(15)14(20)19-8-6-18(7-9-19)12-10-16-4-5-17-12/h4-5,10-11,13H,3,6-9,15H2,1-2H3.